The number of likely N-dealkylation sites (tertiary alicyclic amines) is 1. The second kappa shape index (κ2) is 13.6. The standard InChI is InChI=1S/C35H47N3O11Si/c1-18-31(50(4,5)22-11-9-21(47-3)10-12-22)25(16-26(40)38-14-6-7-20(38)17-39)49-35(18)23-15-19(8-13-24(23)37(2)34(35)46)36-32(44)30-28(42)27(41)29(43)33(45)48-30/h8-13,15,18,20,25,27-31,33,39,41-43,45H,6-7,14,16-17H2,1-5H3,(H,36,44)/t18-,20+,25+,27+,28+,29-,30+,31-,33-,35+/m1/s1. The van der Waals surface area contributed by atoms with E-state index < -0.39 is 62.3 Å². The van der Waals surface area contributed by atoms with Crippen molar-refractivity contribution < 1.29 is 54.1 Å². The van der Waals surface area contributed by atoms with Gasteiger partial charge in [-0.15, -0.1) is 0 Å². The van der Waals surface area contributed by atoms with Crippen molar-refractivity contribution in [1.82, 2.24) is 4.90 Å². The highest BCUT2D eigenvalue weighted by Crippen LogP contribution is 2.60. The van der Waals surface area contributed by atoms with Gasteiger partial charge in [0.25, 0.3) is 11.8 Å². The predicted octanol–water partition coefficient (Wildman–Crippen LogP) is -0.000600. The Labute approximate surface area is 291 Å². The van der Waals surface area contributed by atoms with Crippen molar-refractivity contribution >= 4 is 42.4 Å². The second-order valence-electron chi connectivity index (χ2n) is 14.4. The average Bonchev–Trinajstić information content (AvgIpc) is 3.76. The fourth-order valence-electron chi connectivity index (χ4n) is 8.63. The molecular formula is C35H47N3O11Si. The lowest BCUT2D eigenvalue weighted by Gasteiger charge is -2.37. The van der Waals surface area contributed by atoms with E-state index in [1.165, 1.54) is 4.90 Å². The van der Waals surface area contributed by atoms with Gasteiger partial charge in [0, 0.05) is 30.8 Å². The van der Waals surface area contributed by atoms with Crippen molar-refractivity contribution in [2.24, 2.45) is 5.92 Å². The van der Waals surface area contributed by atoms with Crippen LogP contribution in [0.15, 0.2) is 42.5 Å². The van der Waals surface area contributed by atoms with E-state index in [1.807, 2.05) is 31.2 Å². The molecule has 272 valence electrons. The van der Waals surface area contributed by atoms with Gasteiger partial charge in [-0.2, -0.15) is 0 Å². The van der Waals surface area contributed by atoms with Gasteiger partial charge in [-0.3, -0.25) is 14.4 Å². The number of hydrogen-bond donors (Lipinski definition) is 6. The molecule has 0 saturated carbocycles. The number of nitrogens with zero attached hydrogens (tertiary/aromatic N) is 2. The van der Waals surface area contributed by atoms with Crippen molar-refractivity contribution in [3.8, 4) is 5.75 Å². The molecule has 2 aromatic rings. The highest BCUT2D eigenvalue weighted by Gasteiger charge is 2.66. The van der Waals surface area contributed by atoms with E-state index in [4.69, 9.17) is 14.2 Å². The summed E-state index contributed by atoms with van der Waals surface area (Å²) < 4.78 is 17.5. The fraction of sp³-hybridized carbons (Fsp3) is 0.571. The number of aliphatic hydroxyl groups excluding tert-OH is 5. The van der Waals surface area contributed by atoms with E-state index in [0.29, 0.717) is 23.5 Å². The van der Waals surface area contributed by atoms with Crippen LogP contribution in [0.5, 0.6) is 5.75 Å². The molecule has 4 aliphatic rings. The molecule has 0 bridgehead atoms. The number of carbonyl (C=O) groups excluding carboxylic acids is 3. The Morgan fingerprint density at radius 1 is 1.06 bits per heavy atom. The van der Waals surface area contributed by atoms with Gasteiger partial charge in [-0.05, 0) is 48.7 Å². The van der Waals surface area contributed by atoms with Crippen molar-refractivity contribution in [3.63, 3.8) is 0 Å². The average molecular weight is 714 g/mol. The molecule has 1 spiro atoms. The van der Waals surface area contributed by atoms with Crippen molar-refractivity contribution in [2.45, 2.75) is 93.3 Å². The number of fused-ring (bicyclic) bond motifs is 2. The maximum Gasteiger partial charge on any atom is 0.264 e. The molecule has 3 saturated heterocycles. The lowest BCUT2D eigenvalue weighted by Crippen LogP contribution is -2.60. The number of likely N-dealkylation sites (N-methyl/N-ethyl adjacent to an activating group) is 1. The number of benzene rings is 2. The number of carbonyl (C=O) groups is 3. The van der Waals surface area contributed by atoms with Gasteiger partial charge in [0.2, 0.25) is 5.91 Å². The summed E-state index contributed by atoms with van der Waals surface area (Å²) in [5, 5.41) is 54.0. The summed E-state index contributed by atoms with van der Waals surface area (Å²) in [6.45, 7) is 6.81. The summed E-state index contributed by atoms with van der Waals surface area (Å²) in [5.41, 5.74) is -0.419. The smallest absolute Gasteiger partial charge is 0.264 e. The van der Waals surface area contributed by atoms with Gasteiger partial charge in [0.05, 0.1) is 46.0 Å². The number of nitrogens with one attached hydrogen (secondary N) is 1. The predicted molar refractivity (Wildman–Crippen MR) is 183 cm³/mol. The first-order chi connectivity index (χ1) is 23.7. The van der Waals surface area contributed by atoms with E-state index in [9.17, 15) is 39.9 Å². The maximum atomic E-state index is 14.5. The largest absolute Gasteiger partial charge is 0.497 e. The zero-order chi connectivity index (χ0) is 36.3. The molecule has 6 rings (SSSR count). The molecule has 15 heteroatoms. The van der Waals surface area contributed by atoms with Crippen LogP contribution in [0.3, 0.4) is 0 Å². The van der Waals surface area contributed by atoms with Gasteiger partial charge in [-0.25, -0.2) is 0 Å². The highest BCUT2D eigenvalue weighted by atomic mass is 28.3. The molecule has 10 atom stereocenters. The number of ether oxygens (including phenoxy) is 3. The van der Waals surface area contributed by atoms with Crippen molar-refractivity contribution in [3.05, 3.63) is 48.0 Å². The molecule has 0 unspecified atom stereocenters. The van der Waals surface area contributed by atoms with Crippen molar-refractivity contribution in [1.29, 1.82) is 0 Å². The summed E-state index contributed by atoms with van der Waals surface area (Å²) in [4.78, 5) is 44.8. The first-order valence-electron chi connectivity index (χ1n) is 17.0. The van der Waals surface area contributed by atoms with Gasteiger partial charge >= 0.3 is 0 Å². The normalized spacial score (nSPS) is 34.0. The SMILES string of the molecule is COc1ccc([Si](C)(C)[C@H]2[C@H](CC(=O)N3CCC[C@H]3CO)O[C@@]3(C(=O)N(C)c4ccc(NC(=O)[C@H]5O[C@@H](O)[C@H](O)[C@@H](O)[C@@H]5O)cc43)[C@@H]2C)cc1. The van der Waals surface area contributed by atoms with Crippen LogP contribution in [-0.2, 0) is 29.5 Å². The first-order valence-corrected chi connectivity index (χ1v) is 20.1. The number of hydrogen-bond acceptors (Lipinski definition) is 11. The minimum Gasteiger partial charge on any atom is -0.497 e. The Kier molecular flexibility index (Phi) is 9.91. The van der Waals surface area contributed by atoms with E-state index >= 15 is 0 Å². The molecule has 4 aliphatic heterocycles. The first kappa shape index (κ1) is 36.4. The summed E-state index contributed by atoms with van der Waals surface area (Å²) in [5.74, 6) is -1.03. The summed E-state index contributed by atoms with van der Waals surface area (Å²) >= 11 is 0. The summed E-state index contributed by atoms with van der Waals surface area (Å²) in [7, 11) is 0.707. The summed E-state index contributed by atoms with van der Waals surface area (Å²) in [6.07, 6.45) is -8.13. The number of anilines is 2. The monoisotopic (exact) mass is 713 g/mol. The van der Waals surface area contributed by atoms with Crippen LogP contribution in [-0.4, -0.2) is 126 Å². The van der Waals surface area contributed by atoms with E-state index in [1.54, 1.807) is 37.3 Å². The molecule has 3 fully saturated rings. The third-order valence-electron chi connectivity index (χ3n) is 11.4. The topological polar surface area (TPSA) is 199 Å². The van der Waals surface area contributed by atoms with Gasteiger partial charge < -0.3 is 54.9 Å². The lowest BCUT2D eigenvalue weighted by molar-refractivity contribution is -0.274. The molecule has 2 aromatic carbocycles. The van der Waals surface area contributed by atoms with Gasteiger partial charge in [0.1, 0.15) is 24.1 Å². The Balaban J connectivity index is 1.38. The minimum atomic E-state index is -2.55. The highest BCUT2D eigenvalue weighted by molar-refractivity contribution is 6.91. The number of methoxy groups -OCH3 is 1. The van der Waals surface area contributed by atoms with E-state index in [-0.39, 0.29) is 42.1 Å². The Bertz CT molecular complexity index is 1630. The van der Waals surface area contributed by atoms with E-state index in [2.05, 4.69) is 18.4 Å². The zero-order valence-corrected chi connectivity index (χ0v) is 29.9. The van der Waals surface area contributed by atoms with E-state index in [0.717, 1.165) is 18.0 Å². The summed E-state index contributed by atoms with van der Waals surface area (Å²) in [6, 6.07) is 12.5. The Morgan fingerprint density at radius 3 is 2.42 bits per heavy atom. The van der Waals surface area contributed by atoms with Crippen LogP contribution >= 0.6 is 0 Å². The molecule has 14 nitrogen and oxygen atoms in total. The molecule has 0 radical (unpaired) electrons. The molecule has 6 N–H and O–H groups in total. The van der Waals surface area contributed by atoms with Crippen LogP contribution in [0.4, 0.5) is 11.4 Å². The molecule has 4 heterocycles. The Hall–Kier alpha value is -3.41. The van der Waals surface area contributed by atoms with Crippen LogP contribution in [0.25, 0.3) is 0 Å². The zero-order valence-electron chi connectivity index (χ0n) is 28.9. The lowest BCUT2D eigenvalue weighted by atomic mass is 9.82. The number of aliphatic hydroxyl groups is 5. The van der Waals surface area contributed by atoms with Crippen molar-refractivity contribution in [2.75, 3.05) is 37.5 Å². The Morgan fingerprint density at radius 2 is 1.76 bits per heavy atom. The van der Waals surface area contributed by atoms with Crippen LogP contribution < -0.4 is 20.1 Å². The molecule has 0 aromatic heterocycles. The number of amides is 3. The quantitative estimate of drug-likeness (QED) is 0.202. The van der Waals surface area contributed by atoms with Crippen LogP contribution in [0.1, 0.15) is 31.7 Å². The third kappa shape index (κ3) is 5.83. The van der Waals surface area contributed by atoms with Crippen LogP contribution in [0.2, 0.25) is 18.6 Å². The second-order valence-corrected chi connectivity index (χ2v) is 19.1. The molecule has 3 amide bonds. The maximum absolute atomic E-state index is 14.5. The molecule has 0 aliphatic carbocycles. The molecular weight excluding hydrogens is 666 g/mol. The van der Waals surface area contributed by atoms with Gasteiger partial charge in [0.15, 0.2) is 18.0 Å². The fourth-order valence-corrected chi connectivity index (χ4v) is 12.6. The van der Waals surface area contributed by atoms with Crippen LogP contribution in [0, 0.1) is 5.92 Å². The number of rotatable bonds is 8. The third-order valence-corrected chi connectivity index (χ3v) is 15.7. The molecule has 50 heavy (non-hydrogen) atoms. The minimum absolute atomic E-state index is 0.0238. The van der Waals surface area contributed by atoms with Gasteiger partial charge in [-0.1, -0.05) is 37.3 Å².